The van der Waals surface area contributed by atoms with E-state index in [2.05, 4.69) is 27.5 Å². The quantitative estimate of drug-likeness (QED) is 0.168. The number of nitrogens with one attached hydrogen (secondary N) is 3. The maximum absolute atomic E-state index is 13.3. The first-order chi connectivity index (χ1) is 17.1. The number of guanidine groups is 1. The van der Waals surface area contributed by atoms with E-state index in [0.29, 0.717) is 29.4 Å². The van der Waals surface area contributed by atoms with E-state index in [1.807, 2.05) is 6.07 Å². The normalized spacial score (nSPS) is 16.4. The molecule has 0 amide bonds. The molecular formula is C25H34N5O4PS. The SMILES string of the molecule is C=C/C=C(\N=C(N)Nc1ccc(P2(=O)CCNCC2)cc1OC)Nc1ccccc1S(=O)(=O)C(C)C. The number of sulfone groups is 1. The third-order valence-electron chi connectivity index (χ3n) is 5.81. The topological polar surface area (TPSA) is 135 Å². The van der Waals surface area contributed by atoms with Gasteiger partial charge in [0.1, 0.15) is 18.7 Å². The molecule has 0 radical (unpaired) electrons. The number of aliphatic imine (C=N–C) groups is 1. The molecule has 2 aromatic rings. The van der Waals surface area contributed by atoms with E-state index in [1.54, 1.807) is 56.3 Å². The maximum Gasteiger partial charge on any atom is 0.199 e. The summed E-state index contributed by atoms with van der Waals surface area (Å²) in [5.41, 5.74) is 7.12. The fourth-order valence-corrected chi connectivity index (χ4v) is 7.45. The molecular weight excluding hydrogens is 497 g/mol. The highest BCUT2D eigenvalue weighted by Gasteiger charge is 2.28. The van der Waals surface area contributed by atoms with Crippen LogP contribution in [-0.2, 0) is 14.4 Å². The van der Waals surface area contributed by atoms with Gasteiger partial charge >= 0.3 is 0 Å². The van der Waals surface area contributed by atoms with Gasteiger partial charge in [-0.2, -0.15) is 4.99 Å². The van der Waals surface area contributed by atoms with Crippen LogP contribution in [-0.4, -0.2) is 52.2 Å². The van der Waals surface area contributed by atoms with Crippen LogP contribution in [0.1, 0.15) is 13.8 Å². The Morgan fingerprint density at radius 3 is 2.50 bits per heavy atom. The fraction of sp³-hybridized carbons (Fsp3) is 0.320. The number of nitrogens with two attached hydrogens (primary N) is 1. The van der Waals surface area contributed by atoms with Crippen molar-refractivity contribution in [3.8, 4) is 5.75 Å². The van der Waals surface area contributed by atoms with Crippen molar-refractivity contribution in [2.45, 2.75) is 24.0 Å². The van der Waals surface area contributed by atoms with Gasteiger partial charge in [0.05, 0.1) is 28.6 Å². The number of para-hydroxylation sites is 1. The molecule has 0 aliphatic carbocycles. The Morgan fingerprint density at radius 2 is 1.86 bits per heavy atom. The van der Waals surface area contributed by atoms with Crippen molar-refractivity contribution in [3.05, 3.63) is 67.0 Å². The minimum atomic E-state index is -3.53. The number of nitrogens with zero attached hydrogens (tertiary/aromatic N) is 1. The fourth-order valence-electron chi connectivity index (χ4n) is 3.78. The predicted octanol–water partition coefficient (Wildman–Crippen LogP) is 3.34. The third-order valence-corrected chi connectivity index (χ3v) is 11.1. The number of allylic oxidation sites excluding steroid dienone is 2. The van der Waals surface area contributed by atoms with Gasteiger partial charge in [0.2, 0.25) is 0 Å². The lowest BCUT2D eigenvalue weighted by Crippen LogP contribution is -2.32. The van der Waals surface area contributed by atoms with Crippen molar-refractivity contribution in [1.82, 2.24) is 5.32 Å². The lowest BCUT2D eigenvalue weighted by atomic mass is 10.3. The van der Waals surface area contributed by atoms with Crippen molar-refractivity contribution in [2.75, 3.05) is 43.2 Å². The summed E-state index contributed by atoms with van der Waals surface area (Å²) in [7, 11) is -4.46. The average molecular weight is 532 g/mol. The second kappa shape index (κ2) is 11.8. The molecule has 0 unspecified atom stereocenters. The summed E-state index contributed by atoms with van der Waals surface area (Å²) in [6.45, 7) is 8.43. The molecule has 0 bridgehead atoms. The molecule has 194 valence electrons. The minimum Gasteiger partial charge on any atom is -0.495 e. The van der Waals surface area contributed by atoms with Gasteiger partial charge in [-0.1, -0.05) is 24.8 Å². The molecule has 1 saturated heterocycles. The number of hydrogen-bond donors (Lipinski definition) is 4. The van der Waals surface area contributed by atoms with Crippen LogP contribution in [0.25, 0.3) is 0 Å². The molecule has 0 spiro atoms. The Kier molecular flexibility index (Phi) is 9.00. The van der Waals surface area contributed by atoms with Gasteiger partial charge in [-0.25, -0.2) is 8.42 Å². The molecule has 2 aromatic carbocycles. The van der Waals surface area contributed by atoms with E-state index in [4.69, 9.17) is 10.5 Å². The third kappa shape index (κ3) is 6.37. The molecule has 1 fully saturated rings. The van der Waals surface area contributed by atoms with E-state index >= 15 is 0 Å². The van der Waals surface area contributed by atoms with Crippen LogP contribution in [0.3, 0.4) is 0 Å². The lowest BCUT2D eigenvalue weighted by molar-refractivity contribution is 0.417. The smallest absolute Gasteiger partial charge is 0.199 e. The van der Waals surface area contributed by atoms with Crippen molar-refractivity contribution in [3.63, 3.8) is 0 Å². The van der Waals surface area contributed by atoms with Gasteiger partial charge in [0.25, 0.3) is 0 Å². The largest absolute Gasteiger partial charge is 0.495 e. The number of ether oxygens (including phenoxy) is 1. The summed E-state index contributed by atoms with van der Waals surface area (Å²) in [6.07, 6.45) is 4.32. The van der Waals surface area contributed by atoms with Crippen LogP contribution in [0.15, 0.2) is 76.9 Å². The van der Waals surface area contributed by atoms with E-state index in [-0.39, 0.29) is 16.7 Å². The molecule has 1 heterocycles. The zero-order chi connectivity index (χ0) is 26.3. The van der Waals surface area contributed by atoms with Crippen LogP contribution in [0.4, 0.5) is 11.4 Å². The van der Waals surface area contributed by atoms with Crippen LogP contribution >= 0.6 is 7.14 Å². The van der Waals surface area contributed by atoms with E-state index in [0.717, 1.165) is 18.4 Å². The van der Waals surface area contributed by atoms with Crippen LogP contribution in [0.5, 0.6) is 5.75 Å². The highest BCUT2D eigenvalue weighted by molar-refractivity contribution is 7.92. The Hall–Kier alpha value is -3.07. The Balaban J connectivity index is 1.86. The summed E-state index contributed by atoms with van der Waals surface area (Å²) in [4.78, 5) is 4.54. The first-order valence-corrected chi connectivity index (χ1v) is 15.2. The Bertz CT molecular complexity index is 1310. The minimum absolute atomic E-state index is 0.0411. The molecule has 0 atom stereocenters. The summed E-state index contributed by atoms with van der Waals surface area (Å²) >= 11 is 0. The molecule has 36 heavy (non-hydrogen) atoms. The highest BCUT2D eigenvalue weighted by Crippen LogP contribution is 2.46. The van der Waals surface area contributed by atoms with Gasteiger partial charge in [0.15, 0.2) is 15.8 Å². The van der Waals surface area contributed by atoms with Crippen molar-refractivity contribution in [2.24, 2.45) is 10.7 Å². The molecule has 1 aliphatic heterocycles. The van der Waals surface area contributed by atoms with E-state index < -0.39 is 22.2 Å². The second-order valence-electron chi connectivity index (χ2n) is 8.60. The monoisotopic (exact) mass is 531 g/mol. The first-order valence-electron chi connectivity index (χ1n) is 11.6. The zero-order valence-corrected chi connectivity index (χ0v) is 22.5. The summed E-state index contributed by atoms with van der Waals surface area (Å²) < 4.78 is 44.5. The lowest BCUT2D eigenvalue weighted by Gasteiger charge is -2.24. The van der Waals surface area contributed by atoms with Gasteiger partial charge < -0.3 is 31.0 Å². The van der Waals surface area contributed by atoms with Crippen molar-refractivity contribution >= 4 is 39.6 Å². The summed E-state index contributed by atoms with van der Waals surface area (Å²) in [5, 5.41) is 9.48. The molecule has 9 nitrogen and oxygen atoms in total. The summed E-state index contributed by atoms with van der Waals surface area (Å²) in [6, 6.07) is 12.0. The van der Waals surface area contributed by atoms with Gasteiger partial charge in [-0.3, -0.25) is 0 Å². The number of rotatable bonds is 9. The van der Waals surface area contributed by atoms with E-state index in [1.165, 1.54) is 13.2 Å². The zero-order valence-electron chi connectivity index (χ0n) is 20.8. The number of methoxy groups -OCH3 is 1. The summed E-state index contributed by atoms with van der Waals surface area (Å²) in [5.74, 6) is 0.825. The first kappa shape index (κ1) is 27.5. The number of hydrogen-bond acceptors (Lipinski definition) is 7. The average Bonchev–Trinajstić information content (AvgIpc) is 2.85. The molecule has 5 N–H and O–H groups in total. The van der Waals surface area contributed by atoms with Crippen LogP contribution in [0, 0.1) is 0 Å². The number of benzene rings is 2. The molecule has 0 aromatic heterocycles. The molecule has 0 saturated carbocycles. The van der Waals surface area contributed by atoms with Crippen molar-refractivity contribution in [1.29, 1.82) is 0 Å². The van der Waals surface area contributed by atoms with E-state index in [9.17, 15) is 13.0 Å². The standard InChI is InChI=1S/C25H34N5O4PS/c1-5-8-24(28-21-9-6-7-10-23(21)36(32,33)18(2)3)30-25(26)29-20-12-11-19(17-22(20)34-4)35(31)15-13-27-14-16-35/h5-12,17-18,27-28H,1,13-16H2,2-4H3,(H3,26,29,30)/b24-8-. The molecule has 3 rings (SSSR count). The number of anilines is 2. The second-order valence-corrected chi connectivity index (χ2v) is 14.3. The highest BCUT2D eigenvalue weighted by atomic mass is 32.2. The maximum atomic E-state index is 13.3. The van der Waals surface area contributed by atoms with Crippen molar-refractivity contribution < 1.29 is 17.7 Å². The van der Waals surface area contributed by atoms with Crippen LogP contribution < -0.4 is 31.7 Å². The van der Waals surface area contributed by atoms with Gasteiger partial charge in [0, 0.05) is 30.7 Å². The molecule has 1 aliphatic rings. The molecule has 11 heteroatoms. The Labute approximate surface area is 213 Å². The van der Waals surface area contributed by atoms with Crippen LogP contribution in [0.2, 0.25) is 0 Å². The predicted molar refractivity (Wildman–Crippen MR) is 149 cm³/mol. The Morgan fingerprint density at radius 1 is 1.17 bits per heavy atom. The van der Waals surface area contributed by atoms with Gasteiger partial charge in [-0.05, 0) is 50.3 Å². The van der Waals surface area contributed by atoms with Gasteiger partial charge in [-0.15, -0.1) is 0 Å².